The molecule has 148 valence electrons. The molecule has 0 bridgehead atoms. The van der Waals surface area contributed by atoms with Crippen LogP contribution in [0.25, 0.3) is 0 Å². The highest BCUT2D eigenvalue weighted by molar-refractivity contribution is 5.90. The third-order valence-corrected chi connectivity index (χ3v) is 4.52. The molecule has 1 aliphatic rings. The molecule has 28 heavy (non-hydrogen) atoms. The zero-order chi connectivity index (χ0) is 20.1. The molecule has 0 saturated carbocycles. The van der Waals surface area contributed by atoms with E-state index in [0.29, 0.717) is 12.9 Å². The standard InChI is InChI=1S/C20H22N2O6/c1-13-7-8-27-16(21-13)10-22-9-15(11-23)18(24)19(17(22)20(25)26)28-12-14-5-3-2-4-6-14/h2-6,9,11,13,16,21H,7-8,10,12H2,1H3,(H,25,26)/t13-,16-/m1/s1. The Bertz CT molecular complexity index is 909. The Labute approximate surface area is 161 Å². The number of aromatic nitrogens is 1. The number of nitrogens with one attached hydrogen (secondary N) is 1. The minimum absolute atomic E-state index is 0.00782. The van der Waals surface area contributed by atoms with Crippen LogP contribution in [0.3, 0.4) is 0 Å². The van der Waals surface area contributed by atoms with Crippen molar-refractivity contribution >= 4 is 12.3 Å². The van der Waals surface area contributed by atoms with Crippen LogP contribution in [0.15, 0.2) is 41.3 Å². The molecule has 2 atom stereocenters. The molecule has 2 heterocycles. The highest BCUT2D eigenvalue weighted by Crippen LogP contribution is 2.18. The lowest BCUT2D eigenvalue weighted by Crippen LogP contribution is -2.46. The topological polar surface area (TPSA) is 107 Å². The summed E-state index contributed by atoms with van der Waals surface area (Å²) >= 11 is 0. The van der Waals surface area contributed by atoms with Crippen LogP contribution in [-0.4, -0.2) is 40.8 Å². The molecule has 1 fully saturated rings. The predicted octanol–water partition coefficient (Wildman–Crippen LogP) is 1.66. The number of carbonyl (C=O) groups is 2. The molecule has 2 aromatic rings. The van der Waals surface area contributed by atoms with Gasteiger partial charge in [0, 0.05) is 12.2 Å². The van der Waals surface area contributed by atoms with Crippen LogP contribution in [-0.2, 0) is 17.9 Å². The SMILES string of the molecule is C[C@@H]1CCO[C@H](Cn2cc(C=O)c(=O)c(OCc3ccccc3)c2C(=O)O)N1. The molecule has 0 amide bonds. The van der Waals surface area contributed by atoms with Crippen LogP contribution >= 0.6 is 0 Å². The van der Waals surface area contributed by atoms with Crippen molar-refractivity contribution in [2.75, 3.05) is 6.61 Å². The van der Waals surface area contributed by atoms with Gasteiger partial charge in [0.15, 0.2) is 17.7 Å². The maximum atomic E-state index is 12.6. The lowest BCUT2D eigenvalue weighted by atomic mass is 10.2. The number of hydrogen-bond acceptors (Lipinski definition) is 6. The quantitative estimate of drug-likeness (QED) is 0.697. The molecule has 8 nitrogen and oxygen atoms in total. The number of hydrogen-bond donors (Lipinski definition) is 2. The maximum Gasteiger partial charge on any atom is 0.356 e. The van der Waals surface area contributed by atoms with Crippen molar-refractivity contribution in [3.63, 3.8) is 0 Å². The van der Waals surface area contributed by atoms with Crippen LogP contribution in [0.4, 0.5) is 0 Å². The van der Waals surface area contributed by atoms with E-state index in [4.69, 9.17) is 9.47 Å². The van der Waals surface area contributed by atoms with E-state index < -0.39 is 17.6 Å². The summed E-state index contributed by atoms with van der Waals surface area (Å²) in [5.41, 5.74) is -0.454. The van der Waals surface area contributed by atoms with Crippen LogP contribution in [0.1, 0.15) is 39.8 Å². The number of aldehydes is 1. The first-order valence-electron chi connectivity index (χ1n) is 9.00. The van der Waals surface area contributed by atoms with Gasteiger partial charge in [0.2, 0.25) is 5.43 Å². The molecule has 0 radical (unpaired) electrons. The van der Waals surface area contributed by atoms with Crippen molar-refractivity contribution < 1.29 is 24.2 Å². The summed E-state index contributed by atoms with van der Waals surface area (Å²) in [6, 6.07) is 9.26. The minimum Gasteiger partial charge on any atom is -0.482 e. The van der Waals surface area contributed by atoms with E-state index in [0.717, 1.165) is 12.0 Å². The normalized spacial score (nSPS) is 19.2. The summed E-state index contributed by atoms with van der Waals surface area (Å²) < 4.78 is 12.5. The highest BCUT2D eigenvalue weighted by atomic mass is 16.5. The van der Waals surface area contributed by atoms with Gasteiger partial charge >= 0.3 is 5.97 Å². The van der Waals surface area contributed by atoms with Gasteiger partial charge in [0.05, 0.1) is 18.7 Å². The Hall–Kier alpha value is -2.97. The van der Waals surface area contributed by atoms with E-state index in [2.05, 4.69) is 5.32 Å². The molecular formula is C20H22N2O6. The summed E-state index contributed by atoms with van der Waals surface area (Å²) in [5, 5.41) is 12.9. The Morgan fingerprint density at radius 3 is 2.79 bits per heavy atom. The second-order valence-electron chi connectivity index (χ2n) is 6.66. The molecule has 0 aliphatic carbocycles. The Balaban J connectivity index is 1.97. The number of aromatic carboxylic acids is 1. The van der Waals surface area contributed by atoms with E-state index in [1.54, 1.807) is 12.1 Å². The number of benzene rings is 1. The fourth-order valence-electron chi connectivity index (χ4n) is 3.09. The number of carboxylic acids is 1. The lowest BCUT2D eigenvalue weighted by Gasteiger charge is -2.30. The van der Waals surface area contributed by atoms with Gasteiger partial charge < -0.3 is 19.1 Å². The second kappa shape index (κ2) is 8.81. The largest absolute Gasteiger partial charge is 0.482 e. The number of nitrogens with zero attached hydrogens (tertiary/aromatic N) is 1. The van der Waals surface area contributed by atoms with Crippen molar-refractivity contribution in [2.45, 2.75) is 38.8 Å². The van der Waals surface area contributed by atoms with Crippen molar-refractivity contribution in [2.24, 2.45) is 0 Å². The number of ether oxygens (including phenoxy) is 2. The van der Waals surface area contributed by atoms with Crippen LogP contribution < -0.4 is 15.5 Å². The lowest BCUT2D eigenvalue weighted by molar-refractivity contribution is -0.0249. The molecule has 1 saturated heterocycles. The Morgan fingerprint density at radius 2 is 2.14 bits per heavy atom. The number of rotatable bonds is 7. The fourth-order valence-corrected chi connectivity index (χ4v) is 3.09. The van der Waals surface area contributed by atoms with Crippen LogP contribution in [0, 0.1) is 0 Å². The first-order chi connectivity index (χ1) is 13.5. The third-order valence-electron chi connectivity index (χ3n) is 4.52. The maximum absolute atomic E-state index is 12.6. The Kier molecular flexibility index (Phi) is 6.23. The molecular weight excluding hydrogens is 364 g/mol. The van der Waals surface area contributed by atoms with Crippen LogP contribution in [0.5, 0.6) is 5.75 Å². The fraction of sp³-hybridized carbons (Fsp3) is 0.350. The molecule has 1 aromatic heterocycles. The molecule has 1 aromatic carbocycles. The van der Waals surface area contributed by atoms with Crippen LogP contribution in [0.2, 0.25) is 0 Å². The summed E-state index contributed by atoms with van der Waals surface area (Å²) in [6.45, 7) is 2.67. The molecule has 1 aliphatic heterocycles. The zero-order valence-corrected chi connectivity index (χ0v) is 15.5. The number of carboxylic acid groups (broad SMARTS) is 1. The van der Waals surface area contributed by atoms with Crippen molar-refractivity contribution in [1.82, 2.24) is 9.88 Å². The molecule has 8 heteroatoms. The second-order valence-corrected chi connectivity index (χ2v) is 6.66. The average molecular weight is 386 g/mol. The monoisotopic (exact) mass is 386 g/mol. The Morgan fingerprint density at radius 1 is 1.39 bits per heavy atom. The number of pyridine rings is 1. The van der Waals surface area contributed by atoms with Gasteiger partial charge in [-0.05, 0) is 18.9 Å². The average Bonchev–Trinajstić information content (AvgIpc) is 2.68. The van der Waals surface area contributed by atoms with E-state index in [1.807, 2.05) is 25.1 Å². The van der Waals surface area contributed by atoms with Gasteiger partial charge in [0.25, 0.3) is 0 Å². The van der Waals surface area contributed by atoms with E-state index >= 15 is 0 Å². The van der Waals surface area contributed by atoms with Gasteiger partial charge in [-0.1, -0.05) is 30.3 Å². The smallest absolute Gasteiger partial charge is 0.356 e. The molecule has 0 spiro atoms. The first kappa shape index (κ1) is 19.8. The predicted molar refractivity (Wildman–Crippen MR) is 101 cm³/mol. The first-order valence-corrected chi connectivity index (χ1v) is 9.00. The number of carbonyl (C=O) groups excluding carboxylic acids is 1. The molecule has 3 rings (SSSR count). The van der Waals surface area contributed by atoms with Gasteiger partial charge in [0.1, 0.15) is 12.8 Å². The van der Waals surface area contributed by atoms with Gasteiger partial charge in [-0.15, -0.1) is 0 Å². The van der Waals surface area contributed by atoms with Gasteiger partial charge in [-0.3, -0.25) is 14.9 Å². The van der Waals surface area contributed by atoms with E-state index in [9.17, 15) is 19.5 Å². The van der Waals surface area contributed by atoms with E-state index in [-0.39, 0.29) is 36.2 Å². The van der Waals surface area contributed by atoms with Gasteiger partial charge in [-0.25, -0.2) is 4.79 Å². The minimum atomic E-state index is -1.32. The molecule has 2 N–H and O–H groups in total. The van der Waals surface area contributed by atoms with Crippen molar-refractivity contribution in [3.05, 3.63) is 63.6 Å². The third kappa shape index (κ3) is 4.47. The zero-order valence-electron chi connectivity index (χ0n) is 15.5. The summed E-state index contributed by atoms with van der Waals surface area (Å²) in [6.07, 6.45) is 2.04. The summed E-state index contributed by atoms with van der Waals surface area (Å²) in [5.74, 6) is -1.67. The van der Waals surface area contributed by atoms with Gasteiger partial charge in [-0.2, -0.15) is 0 Å². The van der Waals surface area contributed by atoms with Crippen molar-refractivity contribution in [3.8, 4) is 5.75 Å². The van der Waals surface area contributed by atoms with E-state index in [1.165, 1.54) is 10.8 Å². The summed E-state index contributed by atoms with van der Waals surface area (Å²) in [7, 11) is 0. The molecule has 0 unspecified atom stereocenters. The highest BCUT2D eigenvalue weighted by Gasteiger charge is 2.26. The van der Waals surface area contributed by atoms with Crippen molar-refractivity contribution in [1.29, 1.82) is 0 Å². The summed E-state index contributed by atoms with van der Waals surface area (Å²) in [4.78, 5) is 35.9.